The van der Waals surface area contributed by atoms with Crippen LogP contribution in [0.2, 0.25) is 5.02 Å². The van der Waals surface area contributed by atoms with Gasteiger partial charge in [0.2, 0.25) is 10.0 Å². The Kier molecular flexibility index (Phi) is 4.71. The van der Waals surface area contributed by atoms with E-state index in [1.54, 1.807) is 30.3 Å². The number of benzene rings is 2. The highest BCUT2D eigenvalue weighted by atomic mass is 35.5. The van der Waals surface area contributed by atoms with Crippen molar-refractivity contribution < 1.29 is 12.8 Å². The van der Waals surface area contributed by atoms with Gasteiger partial charge in [0.25, 0.3) is 0 Å². The summed E-state index contributed by atoms with van der Waals surface area (Å²) in [5, 5.41) is 0.388. The third-order valence-corrected chi connectivity index (χ3v) is 5.91. The van der Waals surface area contributed by atoms with Crippen molar-refractivity contribution in [1.82, 2.24) is 4.31 Å². The van der Waals surface area contributed by atoms with Crippen LogP contribution in [0, 0.1) is 11.7 Å². The Morgan fingerprint density at radius 2 is 1.83 bits per heavy atom. The standard InChI is InChI=1S/C17H17ClFNO2S/c18-15-2-1-3-17(10-15)23(21,22)20(11-13-4-5-13)12-14-6-8-16(19)9-7-14/h1-3,6-10,13H,4-5,11-12H2. The van der Waals surface area contributed by atoms with Crippen molar-refractivity contribution in [3.63, 3.8) is 0 Å². The lowest BCUT2D eigenvalue weighted by molar-refractivity contribution is 0.391. The molecule has 3 nitrogen and oxygen atoms in total. The van der Waals surface area contributed by atoms with Gasteiger partial charge in [0.15, 0.2) is 0 Å². The lowest BCUT2D eigenvalue weighted by atomic mass is 10.2. The first-order chi connectivity index (χ1) is 10.9. The van der Waals surface area contributed by atoms with Crippen LogP contribution in [0.5, 0.6) is 0 Å². The summed E-state index contributed by atoms with van der Waals surface area (Å²) in [4.78, 5) is 0.188. The van der Waals surface area contributed by atoms with E-state index >= 15 is 0 Å². The van der Waals surface area contributed by atoms with Crippen LogP contribution in [0.3, 0.4) is 0 Å². The van der Waals surface area contributed by atoms with Crippen molar-refractivity contribution in [2.75, 3.05) is 6.54 Å². The molecular weight excluding hydrogens is 337 g/mol. The topological polar surface area (TPSA) is 37.4 Å². The van der Waals surface area contributed by atoms with E-state index in [4.69, 9.17) is 11.6 Å². The number of sulfonamides is 1. The van der Waals surface area contributed by atoms with Gasteiger partial charge in [-0.2, -0.15) is 4.31 Å². The summed E-state index contributed by atoms with van der Waals surface area (Å²) in [5.41, 5.74) is 0.762. The fourth-order valence-corrected chi connectivity index (χ4v) is 4.21. The second-order valence-corrected chi connectivity index (χ2v) is 8.20. The first kappa shape index (κ1) is 16.4. The first-order valence-electron chi connectivity index (χ1n) is 7.45. The molecule has 0 aromatic heterocycles. The van der Waals surface area contributed by atoms with E-state index in [0.29, 0.717) is 17.5 Å². The summed E-state index contributed by atoms with van der Waals surface area (Å²) in [6, 6.07) is 12.2. The summed E-state index contributed by atoms with van der Waals surface area (Å²) >= 11 is 5.93. The minimum atomic E-state index is -3.63. The molecule has 0 saturated heterocycles. The Labute approximate surface area is 140 Å². The second kappa shape index (κ2) is 6.59. The highest BCUT2D eigenvalue weighted by Crippen LogP contribution is 2.32. The fraction of sp³-hybridized carbons (Fsp3) is 0.294. The molecule has 2 aromatic rings. The summed E-state index contributed by atoms with van der Waals surface area (Å²) < 4.78 is 40.3. The predicted octanol–water partition coefficient (Wildman–Crippen LogP) is 4.08. The van der Waals surface area contributed by atoms with Crippen LogP contribution in [0.25, 0.3) is 0 Å². The minimum Gasteiger partial charge on any atom is -0.207 e. The predicted molar refractivity (Wildman–Crippen MR) is 88.2 cm³/mol. The third kappa shape index (κ3) is 4.10. The third-order valence-electron chi connectivity index (χ3n) is 3.86. The SMILES string of the molecule is O=S(=O)(c1cccc(Cl)c1)N(Cc1ccc(F)cc1)CC1CC1. The molecule has 0 radical (unpaired) electrons. The summed E-state index contributed by atoms with van der Waals surface area (Å²) in [7, 11) is -3.63. The second-order valence-electron chi connectivity index (χ2n) is 5.82. The van der Waals surface area contributed by atoms with Crippen LogP contribution < -0.4 is 0 Å². The van der Waals surface area contributed by atoms with Gasteiger partial charge < -0.3 is 0 Å². The number of hydrogen-bond acceptors (Lipinski definition) is 2. The molecule has 0 spiro atoms. The number of nitrogens with zero attached hydrogens (tertiary/aromatic N) is 1. The number of rotatable bonds is 6. The molecule has 6 heteroatoms. The molecule has 0 atom stereocenters. The van der Waals surface area contributed by atoms with Gasteiger partial charge in [0, 0.05) is 18.1 Å². The van der Waals surface area contributed by atoms with Crippen LogP contribution in [0.1, 0.15) is 18.4 Å². The molecule has 0 aliphatic heterocycles. The smallest absolute Gasteiger partial charge is 0.207 e. The van der Waals surface area contributed by atoms with Crippen molar-refractivity contribution in [2.45, 2.75) is 24.3 Å². The lowest BCUT2D eigenvalue weighted by Crippen LogP contribution is -2.32. The molecular formula is C17H17ClFNO2S. The number of halogens is 2. The first-order valence-corrected chi connectivity index (χ1v) is 9.27. The van der Waals surface area contributed by atoms with Gasteiger partial charge in [0.1, 0.15) is 5.82 Å². The van der Waals surface area contributed by atoms with Crippen molar-refractivity contribution in [1.29, 1.82) is 0 Å². The molecule has 1 aliphatic rings. The van der Waals surface area contributed by atoms with E-state index in [9.17, 15) is 12.8 Å². The van der Waals surface area contributed by atoms with E-state index in [1.165, 1.54) is 22.5 Å². The van der Waals surface area contributed by atoms with Crippen molar-refractivity contribution >= 4 is 21.6 Å². The molecule has 2 aromatic carbocycles. The van der Waals surface area contributed by atoms with E-state index in [-0.39, 0.29) is 17.3 Å². The monoisotopic (exact) mass is 353 g/mol. The molecule has 1 aliphatic carbocycles. The quantitative estimate of drug-likeness (QED) is 0.784. The molecule has 0 bridgehead atoms. The molecule has 0 N–H and O–H groups in total. The Hall–Kier alpha value is -1.43. The average Bonchev–Trinajstić information content (AvgIpc) is 3.33. The van der Waals surface area contributed by atoms with Gasteiger partial charge in [0.05, 0.1) is 4.90 Å². The Morgan fingerprint density at radius 3 is 2.43 bits per heavy atom. The molecule has 122 valence electrons. The molecule has 3 rings (SSSR count). The van der Waals surface area contributed by atoms with Crippen LogP contribution in [0.4, 0.5) is 4.39 Å². The molecule has 0 amide bonds. The van der Waals surface area contributed by atoms with Crippen molar-refractivity contribution in [2.24, 2.45) is 5.92 Å². The molecule has 23 heavy (non-hydrogen) atoms. The molecule has 1 saturated carbocycles. The molecule has 0 unspecified atom stereocenters. The van der Waals surface area contributed by atoms with Gasteiger partial charge in [-0.15, -0.1) is 0 Å². The zero-order valence-electron chi connectivity index (χ0n) is 12.5. The van der Waals surface area contributed by atoms with E-state index in [1.807, 2.05) is 0 Å². The van der Waals surface area contributed by atoms with Gasteiger partial charge in [-0.1, -0.05) is 29.8 Å². The highest BCUT2D eigenvalue weighted by Gasteiger charge is 2.31. The normalized spacial score (nSPS) is 15.1. The van der Waals surface area contributed by atoms with E-state index < -0.39 is 10.0 Å². The zero-order chi connectivity index (χ0) is 16.4. The van der Waals surface area contributed by atoms with Crippen LogP contribution in [-0.4, -0.2) is 19.3 Å². The fourth-order valence-electron chi connectivity index (χ4n) is 2.41. The maximum absolute atomic E-state index is 13.0. The lowest BCUT2D eigenvalue weighted by Gasteiger charge is -2.22. The Balaban J connectivity index is 1.89. The summed E-state index contributed by atoms with van der Waals surface area (Å²) in [6.45, 7) is 0.706. The maximum atomic E-state index is 13.0. The average molecular weight is 354 g/mol. The van der Waals surface area contributed by atoms with Gasteiger partial charge in [-0.3, -0.25) is 0 Å². The summed E-state index contributed by atoms with van der Waals surface area (Å²) in [6.07, 6.45) is 2.09. The molecule has 0 heterocycles. The Bertz CT molecular complexity index is 788. The molecule has 1 fully saturated rings. The van der Waals surface area contributed by atoms with Crippen LogP contribution >= 0.6 is 11.6 Å². The van der Waals surface area contributed by atoms with Gasteiger partial charge in [-0.25, -0.2) is 12.8 Å². The van der Waals surface area contributed by atoms with Crippen LogP contribution in [0.15, 0.2) is 53.4 Å². The van der Waals surface area contributed by atoms with Crippen molar-refractivity contribution in [3.05, 3.63) is 64.9 Å². The Morgan fingerprint density at radius 1 is 1.13 bits per heavy atom. The largest absolute Gasteiger partial charge is 0.243 e. The van der Waals surface area contributed by atoms with Crippen LogP contribution in [-0.2, 0) is 16.6 Å². The zero-order valence-corrected chi connectivity index (χ0v) is 14.0. The van der Waals surface area contributed by atoms with Crippen molar-refractivity contribution in [3.8, 4) is 0 Å². The van der Waals surface area contributed by atoms with E-state index in [0.717, 1.165) is 18.4 Å². The number of hydrogen-bond donors (Lipinski definition) is 0. The minimum absolute atomic E-state index is 0.188. The highest BCUT2D eigenvalue weighted by molar-refractivity contribution is 7.89. The maximum Gasteiger partial charge on any atom is 0.243 e. The van der Waals surface area contributed by atoms with Gasteiger partial charge in [-0.05, 0) is 54.7 Å². The summed E-state index contributed by atoms with van der Waals surface area (Å²) in [5.74, 6) is 0.0737. The van der Waals surface area contributed by atoms with E-state index in [2.05, 4.69) is 0 Å². The van der Waals surface area contributed by atoms with Gasteiger partial charge >= 0.3 is 0 Å².